The first-order valence-corrected chi connectivity index (χ1v) is 16.1. The Morgan fingerprint density at radius 2 is 1.46 bits per heavy atom. The standard InChI is InChI=1S/C37H35N3O5S/c1-25-20-29(32-22-28-14-8-9-15-31(28)46-32)21-30(37(43)44)35(25)38-33(41)23-45-24-34(42)39-16-18-40(19-17-39)36(26-10-4-2-5-11-26)27-12-6-3-7-13-27/h2-15,20-22,36H,16-19,23-24H2,1H3,(H,38,41)(H,43,44). The second kappa shape index (κ2) is 14.1. The van der Waals surface area contributed by atoms with E-state index < -0.39 is 11.9 Å². The maximum Gasteiger partial charge on any atom is 0.337 e. The first-order chi connectivity index (χ1) is 22.4. The number of benzene rings is 4. The van der Waals surface area contributed by atoms with Crippen LogP contribution in [0.3, 0.4) is 0 Å². The normalized spacial score (nSPS) is 13.7. The number of hydrogen-bond donors (Lipinski definition) is 2. The number of aromatic carboxylic acids is 1. The number of anilines is 1. The van der Waals surface area contributed by atoms with Crippen LogP contribution < -0.4 is 5.32 Å². The van der Waals surface area contributed by atoms with E-state index in [9.17, 15) is 19.5 Å². The predicted molar refractivity (Wildman–Crippen MR) is 181 cm³/mol. The second-order valence-electron chi connectivity index (χ2n) is 11.4. The molecule has 1 aliphatic heterocycles. The summed E-state index contributed by atoms with van der Waals surface area (Å²) in [5.41, 5.74) is 4.03. The fourth-order valence-electron chi connectivity index (χ4n) is 6.00. The number of piperazine rings is 1. The van der Waals surface area contributed by atoms with Gasteiger partial charge >= 0.3 is 5.97 Å². The highest BCUT2D eigenvalue weighted by Gasteiger charge is 2.28. The Kier molecular flexibility index (Phi) is 9.54. The quantitative estimate of drug-likeness (QED) is 0.183. The van der Waals surface area contributed by atoms with Gasteiger partial charge in [-0.3, -0.25) is 14.5 Å². The van der Waals surface area contributed by atoms with E-state index in [1.165, 1.54) is 11.1 Å². The number of carboxylic acids is 1. The zero-order valence-corrected chi connectivity index (χ0v) is 26.3. The number of nitrogens with zero attached hydrogens (tertiary/aromatic N) is 2. The highest BCUT2D eigenvalue weighted by atomic mass is 32.1. The van der Waals surface area contributed by atoms with Crippen molar-refractivity contribution in [3.05, 3.63) is 125 Å². The fraction of sp³-hybridized carbons (Fsp3) is 0.216. The molecular weight excluding hydrogens is 598 g/mol. The lowest BCUT2D eigenvalue weighted by molar-refractivity contribution is -0.139. The number of hydrogen-bond acceptors (Lipinski definition) is 6. The van der Waals surface area contributed by atoms with Crippen LogP contribution in [0.1, 0.15) is 33.1 Å². The smallest absolute Gasteiger partial charge is 0.337 e. The number of amides is 2. The topological polar surface area (TPSA) is 99.2 Å². The molecular formula is C37H35N3O5S. The third-order valence-electron chi connectivity index (χ3n) is 8.26. The van der Waals surface area contributed by atoms with E-state index in [2.05, 4.69) is 34.5 Å². The van der Waals surface area contributed by atoms with Gasteiger partial charge in [-0.1, -0.05) is 78.9 Å². The van der Waals surface area contributed by atoms with Crippen molar-refractivity contribution in [2.75, 3.05) is 44.7 Å². The number of rotatable bonds is 10. The number of fused-ring (bicyclic) bond motifs is 1. The van der Waals surface area contributed by atoms with Crippen molar-refractivity contribution >= 4 is 44.9 Å². The molecule has 1 fully saturated rings. The van der Waals surface area contributed by atoms with Gasteiger partial charge in [-0.2, -0.15) is 0 Å². The zero-order chi connectivity index (χ0) is 32.0. The van der Waals surface area contributed by atoms with Crippen molar-refractivity contribution in [2.45, 2.75) is 13.0 Å². The highest BCUT2D eigenvalue weighted by Crippen LogP contribution is 2.36. The summed E-state index contributed by atoms with van der Waals surface area (Å²) in [5, 5.41) is 13.7. The summed E-state index contributed by atoms with van der Waals surface area (Å²) in [4.78, 5) is 43.0. The van der Waals surface area contributed by atoms with E-state index in [1.54, 1.807) is 29.2 Å². The summed E-state index contributed by atoms with van der Waals surface area (Å²) in [5.74, 6) is -1.84. The third kappa shape index (κ3) is 7.02. The lowest BCUT2D eigenvalue weighted by Crippen LogP contribution is -2.50. The van der Waals surface area contributed by atoms with E-state index in [4.69, 9.17) is 4.74 Å². The third-order valence-corrected chi connectivity index (χ3v) is 9.43. The molecule has 6 rings (SSSR count). The molecule has 8 nitrogen and oxygen atoms in total. The summed E-state index contributed by atoms with van der Waals surface area (Å²) in [7, 11) is 0. The van der Waals surface area contributed by atoms with Crippen LogP contribution in [0.4, 0.5) is 5.69 Å². The molecule has 2 heterocycles. The van der Waals surface area contributed by atoms with Gasteiger partial charge in [0.15, 0.2) is 0 Å². The molecule has 1 saturated heterocycles. The minimum absolute atomic E-state index is 0.000868. The van der Waals surface area contributed by atoms with E-state index in [0.29, 0.717) is 31.7 Å². The van der Waals surface area contributed by atoms with E-state index >= 15 is 0 Å². The molecule has 0 spiro atoms. The van der Waals surface area contributed by atoms with Crippen LogP contribution >= 0.6 is 11.3 Å². The number of nitrogens with one attached hydrogen (secondary N) is 1. The number of carboxylic acid groups (broad SMARTS) is 1. The van der Waals surface area contributed by atoms with Crippen LogP contribution in [0.25, 0.3) is 20.5 Å². The lowest BCUT2D eigenvalue weighted by Gasteiger charge is -2.39. The zero-order valence-electron chi connectivity index (χ0n) is 25.5. The Morgan fingerprint density at radius 3 is 2.09 bits per heavy atom. The molecule has 9 heteroatoms. The summed E-state index contributed by atoms with van der Waals surface area (Å²) in [6.07, 6.45) is 0. The first-order valence-electron chi connectivity index (χ1n) is 15.2. The largest absolute Gasteiger partial charge is 0.478 e. The predicted octanol–water partition coefficient (Wildman–Crippen LogP) is 6.46. The SMILES string of the molecule is Cc1cc(-c2cc3ccccc3s2)cc(C(=O)O)c1NC(=O)COCC(=O)N1CCN(C(c2ccccc2)c2ccccc2)CC1. The molecule has 0 saturated carbocycles. The van der Waals surface area contributed by atoms with Crippen LogP contribution in [0.2, 0.25) is 0 Å². The molecule has 2 N–H and O–H groups in total. The van der Waals surface area contributed by atoms with Gasteiger partial charge in [-0.05, 0) is 58.8 Å². The molecule has 234 valence electrons. The van der Waals surface area contributed by atoms with Gasteiger partial charge in [0.2, 0.25) is 11.8 Å². The molecule has 0 atom stereocenters. The van der Waals surface area contributed by atoms with Gasteiger partial charge in [0.05, 0.1) is 17.3 Å². The van der Waals surface area contributed by atoms with Crippen LogP contribution in [0.5, 0.6) is 0 Å². The van der Waals surface area contributed by atoms with Crippen molar-refractivity contribution in [1.29, 1.82) is 0 Å². The van der Waals surface area contributed by atoms with Crippen LogP contribution in [0, 0.1) is 6.92 Å². The molecule has 0 radical (unpaired) electrons. The van der Waals surface area contributed by atoms with Gasteiger partial charge in [-0.15, -0.1) is 11.3 Å². The molecule has 0 bridgehead atoms. The van der Waals surface area contributed by atoms with Gasteiger partial charge in [0, 0.05) is 35.8 Å². The number of carbonyl (C=O) groups excluding carboxylic acids is 2. The van der Waals surface area contributed by atoms with Gasteiger partial charge in [0.1, 0.15) is 13.2 Å². The summed E-state index contributed by atoms with van der Waals surface area (Å²) >= 11 is 1.59. The maximum absolute atomic E-state index is 13.0. The Bertz CT molecular complexity index is 1780. The minimum atomic E-state index is -1.14. The minimum Gasteiger partial charge on any atom is -0.478 e. The van der Waals surface area contributed by atoms with Crippen LogP contribution in [-0.4, -0.2) is 72.1 Å². The molecule has 5 aromatic rings. The fourth-order valence-corrected chi connectivity index (χ4v) is 7.05. The molecule has 4 aromatic carbocycles. The number of carbonyl (C=O) groups is 3. The van der Waals surface area contributed by atoms with Crippen molar-refractivity contribution < 1.29 is 24.2 Å². The molecule has 1 aromatic heterocycles. The summed E-state index contributed by atoms with van der Waals surface area (Å²) in [6.45, 7) is 3.68. The first kappa shape index (κ1) is 31.2. The molecule has 1 aliphatic rings. The number of aryl methyl sites for hydroxylation is 1. The van der Waals surface area contributed by atoms with Crippen molar-refractivity contribution in [2.24, 2.45) is 0 Å². The van der Waals surface area contributed by atoms with Gasteiger partial charge < -0.3 is 20.1 Å². The Morgan fingerprint density at radius 1 is 0.826 bits per heavy atom. The molecule has 2 amide bonds. The number of thiophene rings is 1. The van der Waals surface area contributed by atoms with Crippen molar-refractivity contribution in [1.82, 2.24) is 9.80 Å². The number of ether oxygens (including phenoxy) is 1. The second-order valence-corrected chi connectivity index (χ2v) is 12.4. The molecule has 0 unspecified atom stereocenters. The Balaban J connectivity index is 1.03. The van der Waals surface area contributed by atoms with Crippen LogP contribution in [0.15, 0.2) is 103 Å². The van der Waals surface area contributed by atoms with Gasteiger partial charge in [-0.25, -0.2) is 4.79 Å². The lowest BCUT2D eigenvalue weighted by atomic mass is 9.96. The van der Waals surface area contributed by atoms with Crippen molar-refractivity contribution in [3.63, 3.8) is 0 Å². The maximum atomic E-state index is 13.0. The Labute approximate surface area is 271 Å². The van der Waals surface area contributed by atoms with Gasteiger partial charge in [0.25, 0.3) is 0 Å². The van der Waals surface area contributed by atoms with Crippen LogP contribution in [-0.2, 0) is 14.3 Å². The summed E-state index contributed by atoms with van der Waals surface area (Å²) < 4.78 is 6.61. The van der Waals surface area contributed by atoms with E-state index in [0.717, 1.165) is 20.5 Å². The average Bonchev–Trinajstić information content (AvgIpc) is 3.51. The average molecular weight is 634 g/mol. The Hall–Kier alpha value is -4.83. The summed E-state index contributed by atoms with van der Waals surface area (Å²) in [6, 6.07) is 34.3. The molecule has 0 aliphatic carbocycles. The van der Waals surface area contributed by atoms with E-state index in [1.807, 2.05) is 72.8 Å². The van der Waals surface area contributed by atoms with Crippen molar-refractivity contribution in [3.8, 4) is 10.4 Å². The highest BCUT2D eigenvalue weighted by molar-refractivity contribution is 7.22. The monoisotopic (exact) mass is 633 g/mol. The van der Waals surface area contributed by atoms with E-state index in [-0.39, 0.29) is 36.4 Å². The molecule has 46 heavy (non-hydrogen) atoms.